The fraction of sp³-hybridized carbons (Fsp3) is 0.267. The monoisotopic (exact) mass is 256 g/mol. The van der Waals surface area contributed by atoms with Crippen molar-refractivity contribution >= 4 is 5.97 Å². The van der Waals surface area contributed by atoms with E-state index in [-0.39, 0.29) is 0 Å². The number of aliphatic carboxylic acids is 1. The van der Waals surface area contributed by atoms with Crippen LogP contribution in [-0.4, -0.2) is 21.0 Å². The number of nitrogens with zero attached hydrogens (tertiary/aromatic N) is 2. The number of hydrogen-bond acceptors (Lipinski definition) is 3. The van der Waals surface area contributed by atoms with E-state index in [1.165, 1.54) is 6.20 Å². The van der Waals surface area contributed by atoms with Gasteiger partial charge in [-0.15, -0.1) is 0 Å². The zero-order valence-corrected chi connectivity index (χ0v) is 11.0. The van der Waals surface area contributed by atoms with Gasteiger partial charge >= 0.3 is 5.97 Å². The van der Waals surface area contributed by atoms with E-state index < -0.39 is 11.9 Å². The van der Waals surface area contributed by atoms with E-state index in [1.54, 1.807) is 13.1 Å². The van der Waals surface area contributed by atoms with Gasteiger partial charge in [0, 0.05) is 12.4 Å². The predicted molar refractivity (Wildman–Crippen MR) is 72.0 cm³/mol. The summed E-state index contributed by atoms with van der Waals surface area (Å²) in [5.74, 6) is -1.53. The summed E-state index contributed by atoms with van der Waals surface area (Å²) in [5, 5.41) is 9.40. The molecule has 0 aliphatic carbocycles. The van der Waals surface area contributed by atoms with Gasteiger partial charge in [-0.25, -0.2) is 0 Å². The molecule has 0 saturated carbocycles. The number of aromatic nitrogens is 2. The molecular weight excluding hydrogens is 240 g/mol. The number of carboxylic acid groups (broad SMARTS) is 1. The Kier molecular flexibility index (Phi) is 3.90. The zero-order valence-electron chi connectivity index (χ0n) is 11.0. The summed E-state index contributed by atoms with van der Waals surface area (Å²) in [5.41, 5.74) is 3.35. The third-order valence-electron chi connectivity index (χ3n) is 3.11. The van der Waals surface area contributed by atoms with Crippen LogP contribution in [0.2, 0.25) is 0 Å². The topological polar surface area (TPSA) is 63.1 Å². The summed E-state index contributed by atoms with van der Waals surface area (Å²) in [6.45, 7) is 3.79. The lowest BCUT2D eigenvalue weighted by Crippen LogP contribution is -2.17. The summed E-state index contributed by atoms with van der Waals surface area (Å²) in [4.78, 5) is 19.7. The van der Waals surface area contributed by atoms with E-state index in [4.69, 9.17) is 0 Å². The van der Waals surface area contributed by atoms with Crippen LogP contribution >= 0.6 is 0 Å². The molecule has 1 heterocycles. The smallest absolute Gasteiger partial charge is 0.313 e. The Morgan fingerprint density at radius 1 is 1.16 bits per heavy atom. The normalized spacial score (nSPS) is 12.1. The standard InChI is InChI=1S/C15H16N2O2/c1-10-3-5-12(6-4-10)9-13(15(18)19)14-11(2)16-7-8-17-14/h3-8,13H,9H2,1-2H3,(H,18,19). The zero-order chi connectivity index (χ0) is 13.8. The Bertz CT molecular complexity index is 579. The highest BCUT2D eigenvalue weighted by Gasteiger charge is 2.23. The van der Waals surface area contributed by atoms with E-state index in [0.717, 1.165) is 11.1 Å². The van der Waals surface area contributed by atoms with Crippen molar-refractivity contribution in [2.75, 3.05) is 0 Å². The number of hydrogen-bond donors (Lipinski definition) is 1. The predicted octanol–water partition coefficient (Wildman–Crippen LogP) is 2.50. The molecule has 0 bridgehead atoms. The molecule has 4 nitrogen and oxygen atoms in total. The fourth-order valence-electron chi connectivity index (χ4n) is 2.02. The minimum atomic E-state index is -0.871. The fourth-order valence-corrected chi connectivity index (χ4v) is 2.02. The quantitative estimate of drug-likeness (QED) is 0.913. The molecule has 1 N–H and O–H groups in total. The SMILES string of the molecule is Cc1ccc(CC(C(=O)O)c2nccnc2C)cc1. The molecule has 98 valence electrons. The Labute approximate surface area is 112 Å². The van der Waals surface area contributed by atoms with Crippen molar-refractivity contribution in [2.45, 2.75) is 26.2 Å². The van der Waals surface area contributed by atoms with Crippen LogP contribution in [0.4, 0.5) is 0 Å². The lowest BCUT2D eigenvalue weighted by molar-refractivity contribution is -0.138. The largest absolute Gasteiger partial charge is 0.481 e. The molecule has 0 amide bonds. The first-order chi connectivity index (χ1) is 9.08. The maximum Gasteiger partial charge on any atom is 0.313 e. The molecule has 4 heteroatoms. The van der Waals surface area contributed by atoms with Crippen LogP contribution in [0.3, 0.4) is 0 Å². The summed E-state index contributed by atoms with van der Waals surface area (Å²) in [6, 6.07) is 7.88. The van der Waals surface area contributed by atoms with Crippen LogP contribution < -0.4 is 0 Å². The molecule has 0 fully saturated rings. The molecule has 0 spiro atoms. The van der Waals surface area contributed by atoms with Gasteiger partial charge in [0.1, 0.15) is 5.92 Å². The molecule has 2 rings (SSSR count). The second kappa shape index (κ2) is 5.61. The second-order valence-electron chi connectivity index (χ2n) is 4.61. The Morgan fingerprint density at radius 3 is 2.37 bits per heavy atom. The molecule has 0 radical (unpaired) electrons. The van der Waals surface area contributed by atoms with Crippen LogP contribution in [0.25, 0.3) is 0 Å². The Hall–Kier alpha value is -2.23. The summed E-state index contributed by atoms with van der Waals surface area (Å²) in [6.07, 6.45) is 3.53. The van der Waals surface area contributed by atoms with Crippen LogP contribution in [0, 0.1) is 13.8 Å². The molecule has 0 aliphatic rings. The van der Waals surface area contributed by atoms with Gasteiger partial charge in [-0.3, -0.25) is 14.8 Å². The number of carboxylic acids is 1. The molecule has 2 aromatic rings. The van der Waals surface area contributed by atoms with Crippen molar-refractivity contribution in [2.24, 2.45) is 0 Å². The molecule has 0 saturated heterocycles. The van der Waals surface area contributed by atoms with Gasteiger partial charge in [-0.05, 0) is 25.8 Å². The summed E-state index contributed by atoms with van der Waals surface area (Å²) >= 11 is 0. The molecule has 1 unspecified atom stereocenters. The molecule has 1 aromatic carbocycles. The first kappa shape index (κ1) is 13.2. The molecule has 0 aliphatic heterocycles. The van der Waals surface area contributed by atoms with Gasteiger partial charge in [-0.1, -0.05) is 29.8 Å². The van der Waals surface area contributed by atoms with Crippen LogP contribution in [0.15, 0.2) is 36.7 Å². The van der Waals surface area contributed by atoms with Gasteiger partial charge in [0.25, 0.3) is 0 Å². The van der Waals surface area contributed by atoms with Gasteiger partial charge in [0.05, 0.1) is 11.4 Å². The first-order valence-corrected chi connectivity index (χ1v) is 6.14. The van der Waals surface area contributed by atoms with E-state index in [2.05, 4.69) is 9.97 Å². The highest BCUT2D eigenvalue weighted by Crippen LogP contribution is 2.21. The summed E-state index contributed by atoms with van der Waals surface area (Å²) in [7, 11) is 0. The molecule has 19 heavy (non-hydrogen) atoms. The van der Waals surface area contributed by atoms with Gasteiger partial charge in [-0.2, -0.15) is 0 Å². The maximum atomic E-state index is 11.5. The van der Waals surface area contributed by atoms with Crippen LogP contribution in [-0.2, 0) is 11.2 Å². The van der Waals surface area contributed by atoms with Crippen molar-refractivity contribution < 1.29 is 9.90 Å². The van der Waals surface area contributed by atoms with Gasteiger partial charge in [0.15, 0.2) is 0 Å². The highest BCUT2D eigenvalue weighted by molar-refractivity contribution is 5.76. The van der Waals surface area contributed by atoms with Crippen LogP contribution in [0.5, 0.6) is 0 Å². The maximum absolute atomic E-state index is 11.5. The second-order valence-corrected chi connectivity index (χ2v) is 4.61. The minimum Gasteiger partial charge on any atom is -0.481 e. The Balaban J connectivity index is 2.29. The average Bonchev–Trinajstić information content (AvgIpc) is 2.39. The van der Waals surface area contributed by atoms with Crippen LogP contribution in [0.1, 0.15) is 28.4 Å². The van der Waals surface area contributed by atoms with E-state index in [1.807, 2.05) is 31.2 Å². The third kappa shape index (κ3) is 3.16. The molecule has 1 atom stereocenters. The van der Waals surface area contributed by atoms with E-state index >= 15 is 0 Å². The van der Waals surface area contributed by atoms with Gasteiger partial charge in [0.2, 0.25) is 0 Å². The van der Waals surface area contributed by atoms with Crippen molar-refractivity contribution in [3.63, 3.8) is 0 Å². The first-order valence-electron chi connectivity index (χ1n) is 6.14. The van der Waals surface area contributed by atoms with Crippen molar-refractivity contribution in [1.82, 2.24) is 9.97 Å². The lowest BCUT2D eigenvalue weighted by atomic mass is 9.94. The van der Waals surface area contributed by atoms with E-state index in [0.29, 0.717) is 17.8 Å². The number of rotatable bonds is 4. The minimum absolute atomic E-state index is 0.426. The highest BCUT2D eigenvalue weighted by atomic mass is 16.4. The third-order valence-corrected chi connectivity index (χ3v) is 3.11. The average molecular weight is 256 g/mol. The van der Waals surface area contributed by atoms with Gasteiger partial charge < -0.3 is 5.11 Å². The molecule has 1 aromatic heterocycles. The number of benzene rings is 1. The number of carbonyl (C=O) groups is 1. The van der Waals surface area contributed by atoms with Crippen molar-refractivity contribution in [3.05, 3.63) is 59.2 Å². The van der Waals surface area contributed by atoms with Crippen molar-refractivity contribution in [1.29, 1.82) is 0 Å². The van der Waals surface area contributed by atoms with Crippen molar-refractivity contribution in [3.8, 4) is 0 Å². The van der Waals surface area contributed by atoms with E-state index in [9.17, 15) is 9.90 Å². The number of aryl methyl sites for hydroxylation is 2. The summed E-state index contributed by atoms with van der Waals surface area (Å²) < 4.78 is 0. The molecular formula is C15H16N2O2. The Morgan fingerprint density at radius 2 is 1.79 bits per heavy atom. The lowest BCUT2D eigenvalue weighted by Gasteiger charge is -2.13.